The molecule has 9 nitrogen and oxygen atoms in total. The van der Waals surface area contributed by atoms with E-state index in [9.17, 15) is 13.2 Å². The van der Waals surface area contributed by atoms with Gasteiger partial charge in [0.25, 0.3) is 15.9 Å². The van der Waals surface area contributed by atoms with E-state index in [1.54, 1.807) is 19.9 Å². The summed E-state index contributed by atoms with van der Waals surface area (Å²) < 4.78 is 31.9. The van der Waals surface area contributed by atoms with Gasteiger partial charge in [-0.3, -0.25) is 10.1 Å². The Morgan fingerprint density at radius 2 is 1.73 bits per heavy atom. The van der Waals surface area contributed by atoms with Gasteiger partial charge in [0.1, 0.15) is 0 Å². The van der Waals surface area contributed by atoms with Crippen molar-refractivity contribution in [3.63, 3.8) is 0 Å². The number of aryl methyl sites for hydroxylation is 2. The smallest absolute Gasteiger partial charge is 0.293 e. The Balaban J connectivity index is 1.75. The van der Waals surface area contributed by atoms with Gasteiger partial charge in [0.15, 0.2) is 5.76 Å². The van der Waals surface area contributed by atoms with E-state index in [0.29, 0.717) is 37.6 Å². The molecule has 0 aromatic carbocycles. The van der Waals surface area contributed by atoms with E-state index in [4.69, 9.17) is 4.42 Å². The van der Waals surface area contributed by atoms with Gasteiger partial charge in [-0.05, 0) is 39.1 Å². The Hall–Kier alpha value is -2.30. The van der Waals surface area contributed by atoms with Gasteiger partial charge in [0.2, 0.25) is 11.0 Å². The number of hydrogen-bond donors (Lipinski definition) is 1. The molecule has 2 aromatic heterocycles. The summed E-state index contributed by atoms with van der Waals surface area (Å²) in [5.74, 6) is -0.567. The molecule has 0 radical (unpaired) electrons. The fourth-order valence-electron chi connectivity index (χ4n) is 2.68. The summed E-state index contributed by atoms with van der Waals surface area (Å²) >= 11 is 0. The number of piperazine rings is 1. The molecule has 1 saturated heterocycles. The molecule has 0 spiro atoms. The van der Waals surface area contributed by atoms with Gasteiger partial charge in [-0.15, -0.1) is 0 Å². The van der Waals surface area contributed by atoms with Crippen molar-refractivity contribution in [3.05, 3.63) is 35.3 Å². The number of hydrogen-bond acceptors (Lipinski definition) is 7. The van der Waals surface area contributed by atoms with Gasteiger partial charge >= 0.3 is 0 Å². The lowest BCUT2D eigenvalue weighted by Gasteiger charge is -2.30. The number of likely N-dealkylation sites (N-methyl/N-ethyl adjacent to an activating group) is 1. The number of furan rings is 1. The molecule has 1 aliphatic heterocycles. The van der Waals surface area contributed by atoms with Crippen LogP contribution in [0.1, 0.15) is 21.9 Å². The molecular weight excluding hydrogens is 358 g/mol. The number of anilines is 1. The number of nitrogens with one attached hydrogen (secondary N) is 1. The molecule has 0 atom stereocenters. The molecule has 0 aliphatic carbocycles. The van der Waals surface area contributed by atoms with Gasteiger partial charge in [-0.25, -0.2) is 18.4 Å². The van der Waals surface area contributed by atoms with E-state index in [-0.39, 0.29) is 16.8 Å². The molecule has 1 amide bonds. The number of amides is 1. The normalized spacial score (nSPS) is 16.6. The number of aromatic nitrogens is 2. The van der Waals surface area contributed by atoms with Gasteiger partial charge < -0.3 is 9.32 Å². The van der Waals surface area contributed by atoms with Gasteiger partial charge in [-0.2, -0.15) is 4.31 Å². The topological polar surface area (TPSA) is 109 Å². The molecule has 2 aromatic rings. The van der Waals surface area contributed by atoms with E-state index in [1.807, 2.05) is 7.05 Å². The van der Waals surface area contributed by atoms with Crippen LogP contribution >= 0.6 is 0 Å². The average Bonchev–Trinajstić information content (AvgIpc) is 3.05. The zero-order chi connectivity index (χ0) is 18.9. The summed E-state index contributed by atoms with van der Waals surface area (Å²) in [6.45, 7) is 5.65. The van der Waals surface area contributed by atoms with Crippen LogP contribution in [0, 0.1) is 13.8 Å². The van der Waals surface area contributed by atoms with Crippen LogP contribution in [0.4, 0.5) is 5.95 Å². The van der Waals surface area contributed by atoms with Gasteiger partial charge in [0, 0.05) is 37.6 Å². The lowest BCUT2D eigenvalue weighted by atomic mass is 10.3. The van der Waals surface area contributed by atoms with Crippen LogP contribution in [0.3, 0.4) is 0 Å². The standard InChI is InChI=1S/C16H21N5O4S/c1-11-10-12(2)18-16(17-11)19-15(22)13-4-5-14(25-13)26(23,24)21-8-6-20(3)7-9-21/h4-5,10H,6-9H2,1-3H3,(H,17,18,19,22). The van der Waals surface area contributed by atoms with Crippen molar-refractivity contribution < 1.29 is 17.6 Å². The molecule has 0 bridgehead atoms. The highest BCUT2D eigenvalue weighted by Gasteiger charge is 2.30. The Bertz CT molecular complexity index is 896. The van der Waals surface area contributed by atoms with Crippen LogP contribution < -0.4 is 5.32 Å². The third kappa shape index (κ3) is 3.92. The number of sulfonamides is 1. The van der Waals surface area contributed by atoms with Crippen molar-refractivity contribution in [2.45, 2.75) is 18.9 Å². The maximum atomic E-state index is 12.6. The first kappa shape index (κ1) is 18.5. The second-order valence-corrected chi connectivity index (χ2v) is 8.12. The Labute approximate surface area is 152 Å². The zero-order valence-electron chi connectivity index (χ0n) is 14.9. The van der Waals surface area contributed by atoms with Crippen LogP contribution in [0.25, 0.3) is 0 Å². The number of carbonyl (C=O) groups is 1. The third-order valence-corrected chi connectivity index (χ3v) is 5.84. The molecule has 10 heteroatoms. The van der Waals surface area contributed by atoms with Crippen molar-refractivity contribution in [2.24, 2.45) is 0 Å². The molecular formula is C16H21N5O4S. The minimum Gasteiger partial charge on any atom is -0.438 e. The van der Waals surface area contributed by atoms with Crippen molar-refractivity contribution >= 4 is 21.9 Å². The molecule has 140 valence electrons. The van der Waals surface area contributed by atoms with E-state index < -0.39 is 15.9 Å². The average molecular weight is 379 g/mol. The molecule has 1 fully saturated rings. The predicted octanol–water partition coefficient (Wildman–Crippen LogP) is 0.875. The Morgan fingerprint density at radius 3 is 2.35 bits per heavy atom. The quantitative estimate of drug-likeness (QED) is 0.840. The van der Waals surface area contributed by atoms with E-state index in [0.717, 1.165) is 0 Å². The summed E-state index contributed by atoms with van der Waals surface area (Å²) in [6, 6.07) is 4.41. The van der Waals surface area contributed by atoms with Crippen molar-refractivity contribution in [1.82, 2.24) is 19.2 Å². The fraction of sp³-hybridized carbons (Fsp3) is 0.438. The maximum absolute atomic E-state index is 12.6. The highest BCUT2D eigenvalue weighted by atomic mass is 32.2. The predicted molar refractivity (Wildman–Crippen MR) is 94.4 cm³/mol. The molecule has 1 aliphatic rings. The third-order valence-electron chi connectivity index (χ3n) is 4.07. The molecule has 3 rings (SSSR count). The Morgan fingerprint density at radius 1 is 1.12 bits per heavy atom. The first-order chi connectivity index (χ1) is 12.3. The van der Waals surface area contributed by atoms with Crippen LogP contribution in [-0.4, -0.2) is 66.7 Å². The highest BCUT2D eigenvalue weighted by Crippen LogP contribution is 2.20. The molecule has 26 heavy (non-hydrogen) atoms. The van der Waals surface area contributed by atoms with Gasteiger partial charge in [-0.1, -0.05) is 0 Å². The lowest BCUT2D eigenvalue weighted by molar-refractivity contribution is 0.0990. The summed E-state index contributed by atoms with van der Waals surface area (Å²) in [5, 5.41) is 2.28. The first-order valence-electron chi connectivity index (χ1n) is 8.18. The SMILES string of the molecule is Cc1cc(C)nc(NC(=O)c2ccc(S(=O)(=O)N3CCN(C)CC3)o2)n1. The summed E-state index contributed by atoms with van der Waals surface area (Å²) in [7, 11) is -1.82. The van der Waals surface area contributed by atoms with E-state index >= 15 is 0 Å². The second-order valence-electron chi connectivity index (χ2n) is 6.25. The Kier molecular flexibility index (Phi) is 5.08. The molecule has 0 saturated carbocycles. The second kappa shape index (κ2) is 7.14. The van der Waals surface area contributed by atoms with Crippen LogP contribution in [0.2, 0.25) is 0 Å². The van der Waals surface area contributed by atoms with Gasteiger partial charge in [0.05, 0.1) is 0 Å². The summed E-state index contributed by atoms with van der Waals surface area (Å²) in [5.41, 5.74) is 1.43. The van der Waals surface area contributed by atoms with Crippen LogP contribution in [-0.2, 0) is 10.0 Å². The number of carbonyl (C=O) groups excluding carboxylic acids is 1. The minimum atomic E-state index is -3.76. The molecule has 1 N–H and O–H groups in total. The van der Waals surface area contributed by atoms with Crippen molar-refractivity contribution in [1.29, 1.82) is 0 Å². The summed E-state index contributed by atoms with van der Waals surface area (Å²) in [4.78, 5) is 22.6. The number of rotatable bonds is 4. The zero-order valence-corrected chi connectivity index (χ0v) is 15.7. The lowest BCUT2D eigenvalue weighted by Crippen LogP contribution is -2.46. The van der Waals surface area contributed by atoms with E-state index in [1.165, 1.54) is 16.4 Å². The van der Waals surface area contributed by atoms with E-state index in [2.05, 4.69) is 20.2 Å². The maximum Gasteiger partial charge on any atom is 0.293 e. The van der Waals surface area contributed by atoms with Crippen LogP contribution in [0.15, 0.2) is 27.7 Å². The largest absolute Gasteiger partial charge is 0.438 e. The number of nitrogens with zero attached hydrogens (tertiary/aromatic N) is 4. The minimum absolute atomic E-state index is 0.111. The first-order valence-corrected chi connectivity index (χ1v) is 9.62. The monoisotopic (exact) mass is 379 g/mol. The van der Waals surface area contributed by atoms with Crippen LogP contribution in [0.5, 0.6) is 0 Å². The molecule has 3 heterocycles. The summed E-state index contributed by atoms with van der Waals surface area (Å²) in [6.07, 6.45) is 0. The fourth-order valence-corrected chi connectivity index (χ4v) is 4.02. The van der Waals surface area contributed by atoms with Crippen molar-refractivity contribution in [3.8, 4) is 0 Å². The van der Waals surface area contributed by atoms with Crippen molar-refractivity contribution in [2.75, 3.05) is 38.5 Å². The highest BCUT2D eigenvalue weighted by molar-refractivity contribution is 7.89. The molecule has 0 unspecified atom stereocenters.